The van der Waals surface area contributed by atoms with E-state index in [9.17, 15) is 4.79 Å². The molecule has 2 aliphatic heterocycles. The third kappa shape index (κ3) is 2.65. The minimum atomic E-state index is -0.403. The number of halogens is 1. The van der Waals surface area contributed by atoms with Gasteiger partial charge < -0.3 is 19.0 Å². The van der Waals surface area contributed by atoms with Crippen LogP contribution in [0.25, 0.3) is 27.9 Å². The summed E-state index contributed by atoms with van der Waals surface area (Å²) in [5.41, 5.74) is 3.63. The van der Waals surface area contributed by atoms with Crippen molar-refractivity contribution in [2.75, 3.05) is 18.0 Å². The molecule has 6 rings (SSSR count). The molecule has 7 nitrogen and oxygen atoms in total. The van der Waals surface area contributed by atoms with Crippen LogP contribution in [-0.2, 0) is 0 Å². The first-order valence-electron chi connectivity index (χ1n) is 9.65. The molecule has 2 bridgehead atoms. The molecule has 0 radical (unpaired) electrons. The first kappa shape index (κ1) is 17.0. The summed E-state index contributed by atoms with van der Waals surface area (Å²) in [5, 5.41) is 4.76. The first-order valence-corrected chi connectivity index (χ1v) is 10.0. The lowest BCUT2D eigenvalue weighted by Gasteiger charge is -2.29. The number of benzene rings is 1. The van der Waals surface area contributed by atoms with Gasteiger partial charge in [0.15, 0.2) is 5.65 Å². The van der Waals surface area contributed by atoms with Crippen LogP contribution in [0.4, 0.5) is 5.69 Å². The summed E-state index contributed by atoms with van der Waals surface area (Å²) in [6, 6.07) is 9.00. The highest BCUT2D eigenvalue weighted by atomic mass is 35.5. The Morgan fingerprint density at radius 3 is 2.93 bits per heavy atom. The average molecular weight is 408 g/mol. The molecule has 29 heavy (non-hydrogen) atoms. The van der Waals surface area contributed by atoms with E-state index in [1.54, 1.807) is 16.8 Å². The maximum atomic E-state index is 12.7. The van der Waals surface area contributed by atoms with Crippen LogP contribution < -0.4 is 15.8 Å². The highest BCUT2D eigenvalue weighted by Gasteiger charge is 2.37. The van der Waals surface area contributed by atoms with Crippen LogP contribution in [-0.4, -0.2) is 39.5 Å². The Kier molecular flexibility index (Phi) is 3.54. The van der Waals surface area contributed by atoms with Gasteiger partial charge in [-0.3, -0.25) is 0 Å². The number of nitrogens with one attached hydrogen (secondary N) is 1. The second-order valence-corrected chi connectivity index (χ2v) is 8.21. The number of anilines is 1. The number of aryl methyl sites for hydroxylation is 1. The normalized spacial score (nSPS) is 21.0. The molecule has 1 N–H and O–H groups in total. The summed E-state index contributed by atoms with van der Waals surface area (Å²) in [4.78, 5) is 23.9. The minimum Gasteiger partial charge on any atom is -0.422 e. The fourth-order valence-electron chi connectivity index (χ4n) is 4.58. The van der Waals surface area contributed by atoms with E-state index >= 15 is 0 Å². The Balaban J connectivity index is 1.44. The van der Waals surface area contributed by atoms with Gasteiger partial charge in [0.1, 0.15) is 10.7 Å². The Hall–Kier alpha value is -2.90. The van der Waals surface area contributed by atoms with Crippen molar-refractivity contribution in [2.24, 2.45) is 0 Å². The van der Waals surface area contributed by atoms with Crippen LogP contribution in [0.2, 0.25) is 5.15 Å². The minimum absolute atomic E-state index is 0.378. The maximum absolute atomic E-state index is 12.7. The first-order chi connectivity index (χ1) is 14.0. The summed E-state index contributed by atoms with van der Waals surface area (Å²) >= 11 is 6.03. The summed E-state index contributed by atoms with van der Waals surface area (Å²) in [6.07, 6.45) is 4.62. The summed E-state index contributed by atoms with van der Waals surface area (Å²) < 4.78 is 7.47. The Labute approximate surface area is 170 Å². The largest absolute Gasteiger partial charge is 0.422 e. The highest BCUT2D eigenvalue weighted by molar-refractivity contribution is 6.29. The SMILES string of the molecule is Cc1nc(Cl)cn2cc(-c3cc4ccc(N5C[C@@H]6C[C@H]5CN6)cc4oc3=O)nc12. The summed E-state index contributed by atoms with van der Waals surface area (Å²) in [7, 11) is 0. The lowest BCUT2D eigenvalue weighted by Crippen LogP contribution is -2.43. The number of aromatic nitrogens is 3. The zero-order chi connectivity index (χ0) is 19.7. The number of rotatable bonds is 2. The molecule has 146 valence electrons. The third-order valence-corrected chi connectivity index (χ3v) is 6.14. The number of piperazine rings is 1. The predicted molar refractivity (Wildman–Crippen MR) is 112 cm³/mol. The molecule has 0 unspecified atom stereocenters. The van der Waals surface area contributed by atoms with Gasteiger partial charge >= 0.3 is 5.63 Å². The van der Waals surface area contributed by atoms with Gasteiger partial charge in [-0.05, 0) is 31.5 Å². The van der Waals surface area contributed by atoms with E-state index < -0.39 is 5.63 Å². The molecule has 2 saturated heterocycles. The van der Waals surface area contributed by atoms with Gasteiger partial charge in [-0.15, -0.1) is 0 Å². The lowest BCUT2D eigenvalue weighted by atomic mass is 10.1. The van der Waals surface area contributed by atoms with Crippen molar-refractivity contribution in [1.29, 1.82) is 0 Å². The number of imidazole rings is 1. The fraction of sp³-hybridized carbons (Fsp3) is 0.286. The molecule has 1 aromatic carbocycles. The van der Waals surface area contributed by atoms with Gasteiger partial charge in [0, 0.05) is 54.7 Å². The molecule has 0 spiro atoms. The average Bonchev–Trinajstić information content (AvgIpc) is 3.42. The molecular formula is C21H18ClN5O2. The van der Waals surface area contributed by atoms with E-state index in [2.05, 4.69) is 26.3 Å². The van der Waals surface area contributed by atoms with Gasteiger partial charge in [-0.25, -0.2) is 14.8 Å². The van der Waals surface area contributed by atoms with E-state index in [1.807, 2.05) is 25.1 Å². The molecule has 0 aliphatic carbocycles. The molecule has 0 amide bonds. The van der Waals surface area contributed by atoms with Crippen LogP contribution >= 0.6 is 11.6 Å². The van der Waals surface area contributed by atoms with Crippen molar-refractivity contribution < 1.29 is 4.42 Å². The summed E-state index contributed by atoms with van der Waals surface area (Å²) in [6.45, 7) is 3.84. The van der Waals surface area contributed by atoms with Gasteiger partial charge in [-0.1, -0.05) is 11.6 Å². The quantitative estimate of drug-likeness (QED) is 0.515. The molecule has 4 aromatic rings. The van der Waals surface area contributed by atoms with E-state index in [0.717, 1.165) is 24.2 Å². The Morgan fingerprint density at radius 1 is 1.24 bits per heavy atom. The molecule has 5 heterocycles. The lowest BCUT2D eigenvalue weighted by molar-refractivity contribution is 0.561. The van der Waals surface area contributed by atoms with Gasteiger partial charge in [0.2, 0.25) is 0 Å². The van der Waals surface area contributed by atoms with E-state index in [-0.39, 0.29) is 0 Å². The number of hydrogen-bond donors (Lipinski definition) is 1. The van der Waals surface area contributed by atoms with Crippen LogP contribution in [0, 0.1) is 6.92 Å². The topological polar surface area (TPSA) is 75.7 Å². The van der Waals surface area contributed by atoms with Crippen molar-refractivity contribution in [2.45, 2.75) is 25.4 Å². The standard InChI is InChI=1S/C21H18ClN5O2/c1-11-20-25-17(9-26(20)10-19(22)24-11)16-4-12-2-3-14(6-18(12)29-21(16)28)27-8-13-5-15(27)7-23-13/h2-4,6,9-10,13,15,23H,5,7-8H2,1H3/t13-,15-/m0/s1. The molecule has 2 fully saturated rings. The van der Waals surface area contributed by atoms with Crippen LogP contribution in [0.5, 0.6) is 0 Å². The second-order valence-electron chi connectivity index (χ2n) is 7.82. The van der Waals surface area contributed by atoms with Crippen LogP contribution in [0.3, 0.4) is 0 Å². The predicted octanol–water partition coefficient (Wildman–Crippen LogP) is 3.02. The van der Waals surface area contributed by atoms with Gasteiger partial charge in [0.25, 0.3) is 0 Å². The van der Waals surface area contributed by atoms with Crippen molar-refractivity contribution >= 4 is 33.9 Å². The van der Waals surface area contributed by atoms with Crippen LogP contribution in [0.15, 0.2) is 45.9 Å². The van der Waals surface area contributed by atoms with Gasteiger partial charge in [0.05, 0.1) is 17.0 Å². The molecule has 0 saturated carbocycles. The number of fused-ring (bicyclic) bond motifs is 4. The van der Waals surface area contributed by atoms with Crippen molar-refractivity contribution in [3.63, 3.8) is 0 Å². The molecular weight excluding hydrogens is 390 g/mol. The molecule has 8 heteroatoms. The molecule has 3 aromatic heterocycles. The zero-order valence-corrected chi connectivity index (χ0v) is 16.5. The number of nitrogens with zero attached hydrogens (tertiary/aromatic N) is 4. The van der Waals surface area contributed by atoms with E-state index in [1.165, 1.54) is 6.42 Å². The monoisotopic (exact) mass is 407 g/mol. The van der Waals surface area contributed by atoms with Crippen molar-refractivity contribution in [3.05, 3.63) is 57.9 Å². The van der Waals surface area contributed by atoms with E-state index in [4.69, 9.17) is 16.0 Å². The number of hydrogen-bond acceptors (Lipinski definition) is 6. The smallest absolute Gasteiger partial charge is 0.345 e. The Morgan fingerprint density at radius 2 is 2.14 bits per heavy atom. The summed E-state index contributed by atoms with van der Waals surface area (Å²) in [5.74, 6) is 0. The van der Waals surface area contributed by atoms with Gasteiger partial charge in [-0.2, -0.15) is 0 Å². The van der Waals surface area contributed by atoms with Crippen molar-refractivity contribution in [1.82, 2.24) is 19.7 Å². The molecule has 2 aliphatic rings. The third-order valence-electron chi connectivity index (χ3n) is 5.96. The van der Waals surface area contributed by atoms with E-state index in [0.29, 0.717) is 45.4 Å². The Bertz CT molecular complexity index is 1340. The van der Waals surface area contributed by atoms with Crippen LogP contribution in [0.1, 0.15) is 12.1 Å². The zero-order valence-electron chi connectivity index (χ0n) is 15.7. The fourth-order valence-corrected chi connectivity index (χ4v) is 4.81. The highest BCUT2D eigenvalue weighted by Crippen LogP contribution is 2.32. The second kappa shape index (κ2) is 6.05. The maximum Gasteiger partial charge on any atom is 0.345 e. The molecule has 2 atom stereocenters. The van der Waals surface area contributed by atoms with Crippen molar-refractivity contribution in [3.8, 4) is 11.3 Å².